The van der Waals surface area contributed by atoms with Crippen molar-refractivity contribution >= 4 is 21.8 Å². The van der Waals surface area contributed by atoms with Crippen LogP contribution in [-0.4, -0.2) is 78.3 Å². The highest BCUT2D eigenvalue weighted by Gasteiger charge is 2.21. The smallest absolute Gasteiger partial charge is 0.233 e. The van der Waals surface area contributed by atoms with Crippen LogP contribution in [0.3, 0.4) is 0 Å². The molecule has 0 N–H and O–H groups in total. The van der Waals surface area contributed by atoms with Gasteiger partial charge in [-0.1, -0.05) is 63.9 Å². The molecule has 0 aromatic carbocycles. The van der Waals surface area contributed by atoms with Gasteiger partial charge in [0, 0.05) is 26.2 Å². The molecule has 1 amide bonds. The summed E-state index contributed by atoms with van der Waals surface area (Å²) in [6, 6.07) is 0. The standard InChI is InChI=1S/C12H23BrN2O.C11H23N/c1-12(2,3)4-5-14-6-8-15(9-7-14)11(16)10-13;1-11(2,3)7-10-12-8-5-4-6-9-12/h4-10H2,1-3H3;4-10H2,1-3H3. The Morgan fingerprint density at radius 2 is 1.14 bits per heavy atom. The summed E-state index contributed by atoms with van der Waals surface area (Å²) in [7, 11) is 0. The van der Waals surface area contributed by atoms with Crippen molar-refractivity contribution in [3.05, 3.63) is 0 Å². The van der Waals surface area contributed by atoms with Gasteiger partial charge in [-0.15, -0.1) is 0 Å². The maximum atomic E-state index is 11.5. The van der Waals surface area contributed by atoms with Crippen molar-refractivity contribution < 1.29 is 4.79 Å². The molecule has 0 radical (unpaired) electrons. The molecule has 5 heteroatoms. The number of nitrogens with zero attached hydrogens (tertiary/aromatic N) is 3. The van der Waals surface area contributed by atoms with Crippen molar-refractivity contribution in [2.75, 3.05) is 57.7 Å². The third-order valence-corrected chi connectivity index (χ3v) is 6.12. The van der Waals surface area contributed by atoms with E-state index < -0.39 is 0 Å². The SMILES string of the molecule is CC(C)(C)CCN1CCCCC1.CC(C)(C)CCN1CCN(C(=O)CBr)CC1. The molecule has 166 valence electrons. The van der Waals surface area contributed by atoms with Crippen LogP contribution < -0.4 is 0 Å². The van der Waals surface area contributed by atoms with Crippen molar-refractivity contribution in [1.82, 2.24) is 14.7 Å². The van der Waals surface area contributed by atoms with Gasteiger partial charge in [0.25, 0.3) is 0 Å². The first-order chi connectivity index (χ1) is 13.0. The highest BCUT2D eigenvalue weighted by molar-refractivity contribution is 9.09. The molecule has 2 aliphatic heterocycles. The third-order valence-electron chi connectivity index (χ3n) is 5.64. The van der Waals surface area contributed by atoms with Crippen LogP contribution >= 0.6 is 15.9 Å². The van der Waals surface area contributed by atoms with Crippen molar-refractivity contribution in [2.24, 2.45) is 10.8 Å². The minimum absolute atomic E-state index is 0.218. The van der Waals surface area contributed by atoms with Gasteiger partial charge < -0.3 is 9.80 Å². The fraction of sp³-hybridized carbons (Fsp3) is 0.957. The number of halogens is 1. The Labute approximate surface area is 183 Å². The monoisotopic (exact) mass is 459 g/mol. The molecular formula is C23H46BrN3O. The summed E-state index contributed by atoms with van der Waals surface area (Å²) in [5.41, 5.74) is 0.917. The molecule has 2 saturated heterocycles. The lowest BCUT2D eigenvalue weighted by molar-refractivity contribution is -0.130. The number of carbonyl (C=O) groups is 1. The predicted octanol–water partition coefficient (Wildman–Crippen LogP) is 4.87. The van der Waals surface area contributed by atoms with Gasteiger partial charge in [-0.05, 0) is 62.7 Å². The number of hydrogen-bond acceptors (Lipinski definition) is 3. The number of likely N-dealkylation sites (tertiary alicyclic amines) is 1. The molecule has 0 unspecified atom stereocenters. The summed E-state index contributed by atoms with van der Waals surface area (Å²) in [5.74, 6) is 0.218. The summed E-state index contributed by atoms with van der Waals surface area (Å²) in [6.07, 6.45) is 6.85. The first kappa shape index (κ1) is 25.9. The van der Waals surface area contributed by atoms with Crippen molar-refractivity contribution in [3.8, 4) is 0 Å². The number of piperidine rings is 1. The van der Waals surface area contributed by atoms with Crippen LogP contribution in [0, 0.1) is 10.8 Å². The van der Waals surface area contributed by atoms with Gasteiger partial charge in [-0.25, -0.2) is 0 Å². The van der Waals surface area contributed by atoms with E-state index in [-0.39, 0.29) is 5.91 Å². The average molecular weight is 461 g/mol. The van der Waals surface area contributed by atoms with E-state index in [2.05, 4.69) is 67.3 Å². The first-order valence-corrected chi connectivity index (χ1v) is 12.4. The molecule has 28 heavy (non-hydrogen) atoms. The van der Waals surface area contributed by atoms with Crippen LogP contribution in [0.1, 0.15) is 73.6 Å². The zero-order chi connectivity index (χ0) is 21.2. The lowest BCUT2D eigenvalue weighted by Gasteiger charge is -2.35. The van der Waals surface area contributed by atoms with Crippen molar-refractivity contribution in [3.63, 3.8) is 0 Å². The quantitative estimate of drug-likeness (QED) is 0.548. The van der Waals surface area contributed by atoms with E-state index in [1.165, 1.54) is 51.7 Å². The van der Waals surface area contributed by atoms with Gasteiger partial charge >= 0.3 is 0 Å². The predicted molar refractivity (Wildman–Crippen MR) is 125 cm³/mol. The van der Waals surface area contributed by atoms with E-state index in [0.717, 1.165) is 32.7 Å². The zero-order valence-electron chi connectivity index (χ0n) is 19.5. The van der Waals surface area contributed by atoms with Crippen LogP contribution in [0.15, 0.2) is 0 Å². The Morgan fingerprint density at radius 3 is 1.54 bits per heavy atom. The summed E-state index contributed by atoms with van der Waals surface area (Å²) >= 11 is 3.22. The average Bonchev–Trinajstić information content (AvgIpc) is 2.65. The van der Waals surface area contributed by atoms with E-state index in [1.807, 2.05) is 4.90 Å². The normalized spacial score (nSPS) is 19.9. The van der Waals surface area contributed by atoms with Crippen molar-refractivity contribution in [2.45, 2.75) is 73.6 Å². The Bertz CT molecular complexity index is 428. The fourth-order valence-electron chi connectivity index (χ4n) is 3.48. The molecule has 0 aliphatic carbocycles. The topological polar surface area (TPSA) is 26.8 Å². The second kappa shape index (κ2) is 12.5. The molecule has 0 atom stereocenters. The summed E-state index contributed by atoms with van der Waals surface area (Å²) in [5, 5.41) is 0.453. The second-order valence-electron chi connectivity index (χ2n) is 10.9. The summed E-state index contributed by atoms with van der Waals surface area (Å²) in [6.45, 7) is 22.8. The van der Waals surface area contributed by atoms with E-state index in [9.17, 15) is 4.79 Å². The van der Waals surface area contributed by atoms with Gasteiger partial charge in [0.1, 0.15) is 0 Å². The van der Waals surface area contributed by atoms with Gasteiger partial charge in [-0.2, -0.15) is 0 Å². The molecule has 4 nitrogen and oxygen atoms in total. The van der Waals surface area contributed by atoms with Crippen LogP contribution in [0.4, 0.5) is 0 Å². The van der Waals surface area contributed by atoms with Crippen LogP contribution in [-0.2, 0) is 4.79 Å². The van der Waals surface area contributed by atoms with Crippen LogP contribution in [0.25, 0.3) is 0 Å². The molecule has 0 aromatic heterocycles. The minimum atomic E-state index is 0.218. The Balaban J connectivity index is 0.000000292. The number of hydrogen-bond donors (Lipinski definition) is 0. The highest BCUT2D eigenvalue weighted by atomic mass is 79.9. The Hall–Kier alpha value is -0.130. The molecule has 0 saturated carbocycles. The van der Waals surface area contributed by atoms with Crippen LogP contribution in [0.5, 0.6) is 0 Å². The molecule has 2 aliphatic rings. The second-order valence-corrected chi connectivity index (χ2v) is 11.4. The molecule has 0 aromatic rings. The maximum absolute atomic E-state index is 11.5. The number of carbonyl (C=O) groups excluding carboxylic acids is 1. The molecule has 2 heterocycles. The molecule has 2 rings (SSSR count). The maximum Gasteiger partial charge on any atom is 0.233 e. The molecule has 0 bridgehead atoms. The van der Waals surface area contributed by atoms with Gasteiger partial charge in [0.2, 0.25) is 5.91 Å². The lowest BCUT2D eigenvalue weighted by atomic mass is 9.92. The Kier molecular flexibility index (Phi) is 11.6. The fourth-order valence-corrected chi connectivity index (χ4v) is 3.83. The number of rotatable bonds is 5. The minimum Gasteiger partial charge on any atom is -0.339 e. The van der Waals surface area contributed by atoms with E-state index in [0.29, 0.717) is 16.2 Å². The summed E-state index contributed by atoms with van der Waals surface area (Å²) in [4.78, 5) is 18.5. The van der Waals surface area contributed by atoms with Crippen LogP contribution in [0.2, 0.25) is 0 Å². The van der Waals surface area contributed by atoms with Gasteiger partial charge in [0.05, 0.1) is 5.33 Å². The van der Waals surface area contributed by atoms with E-state index in [4.69, 9.17) is 0 Å². The van der Waals surface area contributed by atoms with Gasteiger partial charge in [-0.3, -0.25) is 9.69 Å². The largest absolute Gasteiger partial charge is 0.339 e. The number of alkyl halides is 1. The molecule has 2 fully saturated rings. The van der Waals surface area contributed by atoms with Gasteiger partial charge in [0.15, 0.2) is 0 Å². The van der Waals surface area contributed by atoms with Crippen molar-refractivity contribution in [1.29, 1.82) is 0 Å². The molecule has 0 spiro atoms. The lowest BCUT2D eigenvalue weighted by Crippen LogP contribution is -2.49. The number of piperazine rings is 1. The number of amides is 1. The summed E-state index contributed by atoms with van der Waals surface area (Å²) < 4.78 is 0. The van der Waals surface area contributed by atoms with E-state index >= 15 is 0 Å². The third kappa shape index (κ3) is 12.4. The molecular weight excluding hydrogens is 414 g/mol. The van der Waals surface area contributed by atoms with E-state index in [1.54, 1.807) is 0 Å². The zero-order valence-corrected chi connectivity index (χ0v) is 21.1. The Morgan fingerprint density at radius 1 is 0.714 bits per heavy atom. The first-order valence-electron chi connectivity index (χ1n) is 11.3. The highest BCUT2D eigenvalue weighted by Crippen LogP contribution is 2.20.